The number of morpholine rings is 1. The first kappa shape index (κ1) is 24.8. The summed E-state index contributed by atoms with van der Waals surface area (Å²) in [6.45, 7) is 3.44. The standard InChI is InChI=1S/C24H27F2N5O4/c25-24(26)13-17(14-27)31(16-24)22(32)15-29-23(33)19-4-5-28-21-3-2-18(12-20(19)21)35-9-1-6-30-7-10-34-11-8-30/h2-5,12,17H,1,6-11,13,15-16H2,(H,29,33)/t17-/m0/s1. The molecule has 0 spiro atoms. The van der Waals surface area contributed by atoms with E-state index in [4.69, 9.17) is 14.7 Å². The first-order valence-corrected chi connectivity index (χ1v) is 11.5. The maximum Gasteiger partial charge on any atom is 0.268 e. The van der Waals surface area contributed by atoms with Crippen molar-refractivity contribution in [3.63, 3.8) is 0 Å². The molecule has 186 valence electrons. The van der Waals surface area contributed by atoms with Gasteiger partial charge in [0, 0.05) is 37.6 Å². The number of fused-ring (bicyclic) bond motifs is 1. The highest BCUT2D eigenvalue weighted by Gasteiger charge is 2.47. The van der Waals surface area contributed by atoms with E-state index in [2.05, 4.69) is 15.2 Å². The van der Waals surface area contributed by atoms with Crippen LogP contribution in [-0.2, 0) is 9.53 Å². The van der Waals surface area contributed by atoms with Gasteiger partial charge in [-0.05, 0) is 30.7 Å². The van der Waals surface area contributed by atoms with Crippen LogP contribution in [0.3, 0.4) is 0 Å². The van der Waals surface area contributed by atoms with Gasteiger partial charge in [0.15, 0.2) is 0 Å². The van der Waals surface area contributed by atoms with Gasteiger partial charge in [0.05, 0.1) is 50.1 Å². The van der Waals surface area contributed by atoms with Gasteiger partial charge in [-0.15, -0.1) is 0 Å². The van der Waals surface area contributed by atoms with Gasteiger partial charge in [0.1, 0.15) is 11.8 Å². The van der Waals surface area contributed by atoms with Crippen LogP contribution in [0.2, 0.25) is 0 Å². The van der Waals surface area contributed by atoms with Crippen LogP contribution in [0.25, 0.3) is 10.9 Å². The minimum atomic E-state index is -3.11. The average Bonchev–Trinajstić information content (AvgIpc) is 3.19. The van der Waals surface area contributed by atoms with Crippen molar-refractivity contribution in [1.29, 1.82) is 5.26 Å². The highest BCUT2D eigenvalue weighted by atomic mass is 19.3. The molecule has 2 amide bonds. The third-order valence-corrected chi connectivity index (χ3v) is 6.09. The van der Waals surface area contributed by atoms with Crippen molar-refractivity contribution >= 4 is 22.7 Å². The Kier molecular flexibility index (Phi) is 7.73. The summed E-state index contributed by atoms with van der Waals surface area (Å²) >= 11 is 0. The number of carbonyl (C=O) groups is 2. The smallest absolute Gasteiger partial charge is 0.268 e. The molecule has 3 heterocycles. The normalized spacial score (nSPS) is 19.9. The van der Waals surface area contributed by atoms with Gasteiger partial charge in [-0.3, -0.25) is 19.5 Å². The lowest BCUT2D eigenvalue weighted by Gasteiger charge is -2.26. The van der Waals surface area contributed by atoms with Crippen LogP contribution in [0.5, 0.6) is 5.75 Å². The van der Waals surface area contributed by atoms with E-state index in [9.17, 15) is 18.4 Å². The summed E-state index contributed by atoms with van der Waals surface area (Å²) in [5.41, 5.74) is 0.860. The maximum absolute atomic E-state index is 13.6. The molecule has 0 radical (unpaired) electrons. The Morgan fingerprint density at radius 2 is 2.09 bits per heavy atom. The number of amides is 2. The van der Waals surface area contributed by atoms with Crippen molar-refractivity contribution in [3.05, 3.63) is 36.0 Å². The monoisotopic (exact) mass is 487 g/mol. The lowest BCUT2D eigenvalue weighted by Crippen LogP contribution is -2.43. The quantitative estimate of drug-likeness (QED) is 0.566. The van der Waals surface area contributed by atoms with Crippen molar-refractivity contribution in [2.75, 3.05) is 52.5 Å². The molecule has 9 nitrogen and oxygen atoms in total. The number of benzene rings is 1. The summed E-state index contributed by atoms with van der Waals surface area (Å²) in [5, 5.41) is 12.1. The van der Waals surface area contributed by atoms with Gasteiger partial charge in [-0.25, -0.2) is 8.78 Å². The van der Waals surface area contributed by atoms with Crippen molar-refractivity contribution < 1.29 is 27.8 Å². The van der Waals surface area contributed by atoms with E-state index in [1.807, 2.05) is 0 Å². The Hall–Kier alpha value is -3.36. The fourth-order valence-electron chi connectivity index (χ4n) is 4.26. The number of pyridine rings is 1. The SMILES string of the molecule is N#C[C@@H]1CC(F)(F)CN1C(=O)CNC(=O)c1ccnc2ccc(OCCCN3CCOCC3)cc12. The van der Waals surface area contributed by atoms with Crippen LogP contribution >= 0.6 is 0 Å². The van der Waals surface area contributed by atoms with Gasteiger partial charge in [-0.1, -0.05) is 0 Å². The van der Waals surface area contributed by atoms with Gasteiger partial charge in [0.25, 0.3) is 11.8 Å². The molecule has 35 heavy (non-hydrogen) atoms. The highest BCUT2D eigenvalue weighted by molar-refractivity contribution is 6.07. The molecule has 2 aliphatic rings. The second-order valence-electron chi connectivity index (χ2n) is 8.60. The van der Waals surface area contributed by atoms with Crippen LogP contribution in [-0.4, -0.2) is 91.1 Å². The summed E-state index contributed by atoms with van der Waals surface area (Å²) in [6, 6.07) is 7.29. The molecule has 1 atom stereocenters. The molecule has 0 saturated carbocycles. The number of likely N-dealkylation sites (tertiary alicyclic amines) is 1. The molecule has 2 saturated heterocycles. The summed E-state index contributed by atoms with van der Waals surface area (Å²) in [6.07, 6.45) is 1.63. The average molecular weight is 488 g/mol. The second kappa shape index (κ2) is 10.9. The van der Waals surface area contributed by atoms with Crippen LogP contribution < -0.4 is 10.1 Å². The first-order chi connectivity index (χ1) is 16.9. The molecular formula is C24H27F2N5O4. The van der Waals surface area contributed by atoms with Crippen LogP contribution in [0, 0.1) is 11.3 Å². The number of ether oxygens (including phenoxy) is 2. The fraction of sp³-hybridized carbons (Fsp3) is 0.500. The third-order valence-electron chi connectivity index (χ3n) is 6.09. The van der Waals surface area contributed by atoms with E-state index < -0.39 is 43.3 Å². The minimum Gasteiger partial charge on any atom is -0.494 e. The first-order valence-electron chi connectivity index (χ1n) is 11.5. The molecule has 2 fully saturated rings. The van der Waals surface area contributed by atoms with E-state index in [-0.39, 0.29) is 5.56 Å². The number of halogens is 2. The van der Waals surface area contributed by atoms with Crippen LogP contribution in [0.15, 0.2) is 30.5 Å². The Balaban J connectivity index is 1.36. The zero-order valence-corrected chi connectivity index (χ0v) is 19.2. The topological polar surface area (TPSA) is 108 Å². The summed E-state index contributed by atoms with van der Waals surface area (Å²) in [4.78, 5) is 32.6. The van der Waals surface area contributed by atoms with Crippen molar-refractivity contribution in [1.82, 2.24) is 20.1 Å². The summed E-state index contributed by atoms with van der Waals surface area (Å²) in [5.74, 6) is -3.80. The Morgan fingerprint density at radius 3 is 2.86 bits per heavy atom. The maximum atomic E-state index is 13.6. The number of nitrogens with zero attached hydrogens (tertiary/aromatic N) is 4. The Labute approximate surface area is 201 Å². The van der Waals surface area contributed by atoms with E-state index in [0.717, 1.165) is 44.2 Å². The Morgan fingerprint density at radius 1 is 1.29 bits per heavy atom. The van der Waals surface area contributed by atoms with E-state index in [1.165, 1.54) is 12.3 Å². The number of rotatable bonds is 8. The molecule has 1 aromatic heterocycles. The van der Waals surface area contributed by atoms with Crippen molar-refractivity contribution in [2.24, 2.45) is 0 Å². The van der Waals surface area contributed by atoms with Crippen molar-refractivity contribution in [2.45, 2.75) is 24.8 Å². The number of nitrogens with one attached hydrogen (secondary N) is 1. The van der Waals surface area contributed by atoms with Gasteiger partial charge >= 0.3 is 0 Å². The largest absolute Gasteiger partial charge is 0.494 e. The van der Waals surface area contributed by atoms with E-state index in [0.29, 0.717) is 23.3 Å². The molecule has 1 N–H and O–H groups in total. The predicted octanol–water partition coefficient (Wildman–Crippen LogP) is 1.83. The number of hydrogen-bond acceptors (Lipinski definition) is 7. The zero-order valence-electron chi connectivity index (χ0n) is 19.2. The highest BCUT2D eigenvalue weighted by Crippen LogP contribution is 2.31. The number of hydrogen-bond donors (Lipinski definition) is 1. The van der Waals surface area contributed by atoms with Crippen LogP contribution in [0.1, 0.15) is 23.2 Å². The third kappa shape index (κ3) is 6.21. The molecule has 2 aliphatic heterocycles. The molecule has 0 bridgehead atoms. The van der Waals surface area contributed by atoms with E-state index in [1.54, 1.807) is 24.3 Å². The Bertz CT molecular complexity index is 1120. The summed E-state index contributed by atoms with van der Waals surface area (Å²) in [7, 11) is 0. The molecule has 4 rings (SSSR count). The molecule has 1 aromatic carbocycles. The van der Waals surface area contributed by atoms with E-state index >= 15 is 0 Å². The molecule has 11 heteroatoms. The van der Waals surface area contributed by atoms with Gasteiger partial charge in [0.2, 0.25) is 5.91 Å². The molecule has 0 aliphatic carbocycles. The number of alkyl halides is 2. The van der Waals surface area contributed by atoms with Gasteiger partial charge in [-0.2, -0.15) is 5.26 Å². The zero-order chi connectivity index (χ0) is 24.8. The molecular weight excluding hydrogens is 460 g/mol. The van der Waals surface area contributed by atoms with Gasteiger partial charge < -0.3 is 19.7 Å². The molecule has 2 aromatic rings. The molecule has 0 unspecified atom stereocenters. The lowest BCUT2D eigenvalue weighted by molar-refractivity contribution is -0.131. The summed E-state index contributed by atoms with van der Waals surface area (Å²) < 4.78 is 38.4. The number of aromatic nitrogens is 1. The van der Waals surface area contributed by atoms with Crippen LogP contribution in [0.4, 0.5) is 8.78 Å². The van der Waals surface area contributed by atoms with Crippen molar-refractivity contribution in [3.8, 4) is 11.8 Å². The fourth-order valence-corrected chi connectivity index (χ4v) is 4.26. The predicted molar refractivity (Wildman–Crippen MR) is 122 cm³/mol. The lowest BCUT2D eigenvalue weighted by atomic mass is 10.1. The number of carbonyl (C=O) groups excluding carboxylic acids is 2. The minimum absolute atomic E-state index is 0.283. The number of nitriles is 1. The second-order valence-corrected chi connectivity index (χ2v) is 8.60.